The monoisotopic (exact) mass is 304 g/mol. The molecule has 1 aliphatic rings. The molecule has 18 heavy (non-hydrogen) atoms. The Morgan fingerprint density at radius 1 is 0.889 bits per heavy atom. The summed E-state index contributed by atoms with van der Waals surface area (Å²) < 4.78 is 14.8. The zero-order valence-electron chi connectivity index (χ0n) is 10.6. The molecule has 0 fully saturated rings. The van der Waals surface area contributed by atoms with Gasteiger partial charge in [0.15, 0.2) is 0 Å². The molecule has 2 aromatic rings. The summed E-state index contributed by atoms with van der Waals surface area (Å²) in [5, 5.41) is 0. The first-order valence-corrected chi connectivity index (χ1v) is 8.71. The molecular weight excluding hydrogens is 287 g/mol. The van der Waals surface area contributed by atoms with Crippen LogP contribution in [0.25, 0.3) is 0 Å². The fourth-order valence-corrected chi connectivity index (χ4v) is 5.88. The predicted octanol–water partition coefficient (Wildman–Crippen LogP) is 2.32. The van der Waals surface area contributed by atoms with Crippen molar-refractivity contribution in [3.63, 3.8) is 0 Å². The Labute approximate surface area is 112 Å². The van der Waals surface area contributed by atoms with E-state index in [2.05, 4.69) is 38.1 Å². The minimum absolute atomic E-state index is 0.381. The van der Waals surface area contributed by atoms with E-state index in [0.717, 1.165) is 8.92 Å². The van der Waals surface area contributed by atoms with Gasteiger partial charge in [0.2, 0.25) is 0 Å². The minimum atomic E-state index is -2.07. The van der Waals surface area contributed by atoms with Crippen LogP contribution in [0.5, 0.6) is 0 Å². The molecule has 1 heterocycles. The van der Waals surface area contributed by atoms with Crippen LogP contribution >= 0.6 is 0 Å². The first-order valence-electron chi connectivity index (χ1n) is 6.29. The van der Waals surface area contributed by atoms with Gasteiger partial charge in [0.1, 0.15) is 0 Å². The Balaban J connectivity index is 2.30. The molecule has 0 atom stereocenters. The molecule has 0 saturated heterocycles. The van der Waals surface area contributed by atoms with Crippen LogP contribution in [0.4, 0.5) is 0 Å². The number of hydrogen-bond acceptors (Lipinski definition) is 1. The average molecular weight is 303 g/mol. The summed E-state index contributed by atoms with van der Waals surface area (Å²) in [6.07, 6.45) is 0. The van der Waals surface area contributed by atoms with Gasteiger partial charge in [-0.05, 0) is 0 Å². The Morgan fingerprint density at radius 3 is 1.78 bits per heavy atom. The summed E-state index contributed by atoms with van der Waals surface area (Å²) in [5.41, 5.74) is 2.54. The maximum atomic E-state index is 12.7. The van der Waals surface area contributed by atoms with E-state index in [1.165, 1.54) is 11.1 Å². The van der Waals surface area contributed by atoms with Crippen LogP contribution in [0.2, 0.25) is 0 Å². The van der Waals surface area contributed by atoms with E-state index < -0.39 is 13.8 Å². The van der Waals surface area contributed by atoms with Crippen molar-refractivity contribution >= 4 is 22.8 Å². The molecule has 2 heteroatoms. The van der Waals surface area contributed by atoms with Crippen molar-refractivity contribution in [3.05, 3.63) is 59.7 Å². The SMILES string of the molecule is CC(C)C1c2ccccc2[Se](=O)c2ccccc21. The second kappa shape index (κ2) is 4.46. The van der Waals surface area contributed by atoms with E-state index in [4.69, 9.17) is 0 Å². The van der Waals surface area contributed by atoms with Gasteiger partial charge in [-0.2, -0.15) is 0 Å². The zero-order valence-corrected chi connectivity index (χ0v) is 12.3. The zero-order chi connectivity index (χ0) is 12.7. The molecule has 0 N–H and O–H groups in total. The molecule has 92 valence electrons. The van der Waals surface area contributed by atoms with Crippen molar-refractivity contribution in [2.45, 2.75) is 19.8 Å². The van der Waals surface area contributed by atoms with Gasteiger partial charge in [0, 0.05) is 0 Å². The van der Waals surface area contributed by atoms with Gasteiger partial charge in [-0.1, -0.05) is 0 Å². The quantitative estimate of drug-likeness (QED) is 0.739. The summed E-state index contributed by atoms with van der Waals surface area (Å²) in [6.45, 7) is 4.48. The number of hydrogen-bond donors (Lipinski definition) is 0. The Kier molecular flexibility index (Phi) is 2.93. The molecule has 0 radical (unpaired) electrons. The molecule has 1 aliphatic heterocycles. The number of fused-ring (bicyclic) bond motifs is 2. The number of rotatable bonds is 1. The van der Waals surface area contributed by atoms with Gasteiger partial charge in [0.25, 0.3) is 0 Å². The van der Waals surface area contributed by atoms with Gasteiger partial charge in [-0.3, -0.25) is 0 Å². The second-order valence-corrected chi connectivity index (χ2v) is 8.04. The summed E-state index contributed by atoms with van der Waals surface area (Å²) in [6, 6.07) is 16.5. The summed E-state index contributed by atoms with van der Waals surface area (Å²) in [7, 11) is 0. The van der Waals surface area contributed by atoms with Crippen molar-refractivity contribution in [1.82, 2.24) is 0 Å². The molecule has 0 spiro atoms. The summed E-state index contributed by atoms with van der Waals surface area (Å²) in [4.78, 5) is 0. The summed E-state index contributed by atoms with van der Waals surface area (Å²) in [5.74, 6) is 0.901. The van der Waals surface area contributed by atoms with Crippen LogP contribution < -0.4 is 8.92 Å². The van der Waals surface area contributed by atoms with E-state index >= 15 is 0 Å². The van der Waals surface area contributed by atoms with E-state index in [1.807, 2.05) is 24.3 Å². The van der Waals surface area contributed by atoms with Gasteiger partial charge in [0.05, 0.1) is 0 Å². The fraction of sp³-hybridized carbons (Fsp3) is 0.250. The summed E-state index contributed by atoms with van der Waals surface area (Å²) >= 11 is -2.07. The van der Waals surface area contributed by atoms with Crippen LogP contribution in [0.1, 0.15) is 30.9 Å². The third-order valence-corrected chi connectivity index (χ3v) is 6.81. The van der Waals surface area contributed by atoms with Crippen molar-refractivity contribution in [3.8, 4) is 0 Å². The maximum absolute atomic E-state index is 12.7. The van der Waals surface area contributed by atoms with Crippen LogP contribution in [-0.4, -0.2) is 13.8 Å². The third-order valence-electron chi connectivity index (χ3n) is 3.57. The first-order chi connectivity index (χ1) is 8.70. The van der Waals surface area contributed by atoms with Gasteiger partial charge in [-0.15, -0.1) is 0 Å². The van der Waals surface area contributed by atoms with Crippen LogP contribution in [0.15, 0.2) is 48.5 Å². The van der Waals surface area contributed by atoms with Gasteiger partial charge < -0.3 is 0 Å². The van der Waals surface area contributed by atoms with Crippen LogP contribution in [0.3, 0.4) is 0 Å². The molecular formula is C16H16OSe. The molecule has 0 unspecified atom stereocenters. The molecule has 0 amide bonds. The Bertz CT molecular complexity index is 566. The Hall–Kier alpha value is -1.24. The van der Waals surface area contributed by atoms with Crippen molar-refractivity contribution in [1.29, 1.82) is 0 Å². The predicted molar refractivity (Wildman–Crippen MR) is 75.3 cm³/mol. The van der Waals surface area contributed by atoms with E-state index in [0.29, 0.717) is 11.8 Å². The third kappa shape index (κ3) is 1.68. The fourth-order valence-electron chi connectivity index (χ4n) is 2.82. The van der Waals surface area contributed by atoms with Gasteiger partial charge in [-0.25, -0.2) is 0 Å². The van der Waals surface area contributed by atoms with Crippen molar-refractivity contribution in [2.24, 2.45) is 5.92 Å². The molecule has 2 aromatic carbocycles. The molecule has 0 aromatic heterocycles. The van der Waals surface area contributed by atoms with Crippen LogP contribution in [-0.2, 0) is 3.83 Å². The molecule has 1 nitrogen and oxygen atoms in total. The molecule has 3 rings (SSSR count). The molecule has 0 saturated carbocycles. The molecule has 0 aliphatic carbocycles. The van der Waals surface area contributed by atoms with Crippen molar-refractivity contribution < 1.29 is 3.83 Å². The van der Waals surface area contributed by atoms with Gasteiger partial charge >= 0.3 is 112 Å². The standard InChI is InChI=1S/C16H16OSe/c1-11(2)16-12-7-3-5-9-14(12)18(17)15-10-6-4-8-13(15)16/h3-11,16H,1-2H3. The normalized spacial score (nSPS) is 21.5. The van der Waals surface area contributed by atoms with E-state index in [1.54, 1.807) is 0 Å². The van der Waals surface area contributed by atoms with Crippen molar-refractivity contribution in [2.75, 3.05) is 0 Å². The first kappa shape index (κ1) is 11.8. The molecule has 0 bridgehead atoms. The average Bonchev–Trinajstić information content (AvgIpc) is 2.39. The van der Waals surface area contributed by atoms with Crippen LogP contribution in [0, 0.1) is 5.92 Å². The number of benzene rings is 2. The van der Waals surface area contributed by atoms with E-state index in [9.17, 15) is 3.83 Å². The van der Waals surface area contributed by atoms with E-state index in [-0.39, 0.29) is 0 Å². The topological polar surface area (TPSA) is 17.1 Å². The second-order valence-electron chi connectivity index (χ2n) is 5.07. The Morgan fingerprint density at radius 2 is 1.33 bits per heavy atom.